The van der Waals surface area contributed by atoms with Gasteiger partial charge in [0.1, 0.15) is 0 Å². The van der Waals surface area contributed by atoms with Crippen molar-refractivity contribution in [1.82, 2.24) is 5.32 Å². The molecule has 1 atom stereocenters. The molecule has 0 unspecified atom stereocenters. The first-order valence-electron chi connectivity index (χ1n) is 6.64. The molecule has 92 valence electrons. The van der Waals surface area contributed by atoms with Crippen molar-refractivity contribution in [3.05, 3.63) is 11.8 Å². The lowest BCUT2D eigenvalue weighted by Gasteiger charge is -2.14. The Hall–Kier alpha value is -0.460. The Bertz CT molecular complexity index is 138. The first-order chi connectivity index (χ1) is 7.20. The predicted octanol–water partition coefficient (Wildman–Crippen LogP) is 4.88. The fourth-order valence-electron chi connectivity index (χ4n) is 1.39. The Morgan fingerprint density at radius 2 is 1.80 bits per heavy atom. The number of nitrogens with one attached hydrogen (secondary N) is 1. The van der Waals surface area contributed by atoms with E-state index < -0.39 is 0 Å². The van der Waals surface area contributed by atoms with Gasteiger partial charge < -0.3 is 5.32 Å². The highest BCUT2D eigenvalue weighted by molar-refractivity contribution is 4.96. The van der Waals surface area contributed by atoms with Crippen molar-refractivity contribution in [2.24, 2.45) is 0 Å². The number of hydrogen-bond acceptors (Lipinski definition) is 1. The summed E-state index contributed by atoms with van der Waals surface area (Å²) in [5.41, 5.74) is 1.34. The van der Waals surface area contributed by atoms with Gasteiger partial charge in [0.15, 0.2) is 0 Å². The fraction of sp³-hybridized carbons (Fsp3) is 0.857. The van der Waals surface area contributed by atoms with Gasteiger partial charge in [0.05, 0.1) is 0 Å². The summed E-state index contributed by atoms with van der Waals surface area (Å²) in [6, 6.07) is 0.632. The molecule has 0 saturated heterocycles. The lowest BCUT2D eigenvalue weighted by atomic mass is 10.1. The van der Waals surface area contributed by atoms with Gasteiger partial charge in [0.25, 0.3) is 0 Å². The molecule has 0 saturated carbocycles. The van der Waals surface area contributed by atoms with Gasteiger partial charge in [-0.25, -0.2) is 0 Å². The number of hydrogen-bond donors (Lipinski definition) is 1. The second kappa shape index (κ2) is 13.5. The van der Waals surface area contributed by atoms with Crippen LogP contribution in [0.5, 0.6) is 0 Å². The van der Waals surface area contributed by atoms with E-state index in [9.17, 15) is 0 Å². The smallest absolute Gasteiger partial charge is 0.0229 e. The van der Waals surface area contributed by atoms with E-state index in [0.717, 1.165) is 0 Å². The van der Waals surface area contributed by atoms with Crippen LogP contribution < -0.4 is 5.32 Å². The van der Waals surface area contributed by atoms with Crippen molar-refractivity contribution >= 4 is 0 Å². The normalized spacial score (nSPS) is 12.8. The lowest BCUT2D eigenvalue weighted by molar-refractivity contribution is 0.538. The Kier molecular flexibility index (Phi) is 15.3. The quantitative estimate of drug-likeness (QED) is 0.635. The number of unbranched alkanes of at least 4 members (excludes halogenated alkanes) is 2. The molecule has 0 aromatic carbocycles. The summed E-state index contributed by atoms with van der Waals surface area (Å²) in [6.07, 6.45) is 8.64. The molecule has 1 nitrogen and oxygen atoms in total. The lowest BCUT2D eigenvalue weighted by Crippen LogP contribution is -2.23. The molecule has 0 aliphatic carbocycles. The maximum atomic E-state index is 3.51. The van der Waals surface area contributed by atoms with Crippen molar-refractivity contribution in [1.29, 1.82) is 0 Å². The van der Waals surface area contributed by atoms with Gasteiger partial charge in [0.2, 0.25) is 0 Å². The molecule has 15 heavy (non-hydrogen) atoms. The molecule has 0 amide bonds. The van der Waals surface area contributed by atoms with E-state index >= 15 is 0 Å². The van der Waals surface area contributed by atoms with Gasteiger partial charge in [-0.2, -0.15) is 0 Å². The fourth-order valence-corrected chi connectivity index (χ4v) is 1.39. The molecule has 1 N–H and O–H groups in total. The topological polar surface area (TPSA) is 12.0 Å². The standard InChI is InChI=1S/C12H25N.C2H6/c1-5-7-9-11(3)13-12(4)10-8-6-2;1-2/h9,12-13H,5-8,10H2,1-4H3;1-2H3/b11-9-;/t12-;/m0./s1. The van der Waals surface area contributed by atoms with Gasteiger partial charge in [0, 0.05) is 11.7 Å². The van der Waals surface area contributed by atoms with Crippen LogP contribution in [-0.2, 0) is 0 Å². The minimum Gasteiger partial charge on any atom is -0.386 e. The molecule has 0 bridgehead atoms. The van der Waals surface area contributed by atoms with Crippen LogP contribution in [0.25, 0.3) is 0 Å². The van der Waals surface area contributed by atoms with E-state index in [1.54, 1.807) is 0 Å². The van der Waals surface area contributed by atoms with Crippen LogP contribution in [0.4, 0.5) is 0 Å². The molecule has 0 heterocycles. The van der Waals surface area contributed by atoms with E-state index in [4.69, 9.17) is 0 Å². The van der Waals surface area contributed by atoms with Gasteiger partial charge in [-0.15, -0.1) is 0 Å². The van der Waals surface area contributed by atoms with Crippen LogP contribution in [0.2, 0.25) is 0 Å². The van der Waals surface area contributed by atoms with E-state index in [2.05, 4.69) is 39.1 Å². The minimum absolute atomic E-state index is 0.632. The van der Waals surface area contributed by atoms with Crippen molar-refractivity contribution in [3.63, 3.8) is 0 Å². The highest BCUT2D eigenvalue weighted by Crippen LogP contribution is 2.02. The molecule has 0 aliphatic rings. The molecule has 0 aromatic heterocycles. The molecule has 0 fully saturated rings. The van der Waals surface area contributed by atoms with E-state index in [1.165, 1.54) is 37.8 Å². The van der Waals surface area contributed by atoms with Gasteiger partial charge >= 0.3 is 0 Å². The first-order valence-corrected chi connectivity index (χ1v) is 6.64. The molecular formula is C14H31N. The van der Waals surface area contributed by atoms with E-state index in [0.29, 0.717) is 6.04 Å². The monoisotopic (exact) mass is 213 g/mol. The largest absolute Gasteiger partial charge is 0.386 e. The van der Waals surface area contributed by atoms with Crippen LogP contribution >= 0.6 is 0 Å². The molecule has 1 heteroatoms. The van der Waals surface area contributed by atoms with Gasteiger partial charge in [-0.3, -0.25) is 0 Å². The highest BCUT2D eigenvalue weighted by atomic mass is 14.9. The van der Waals surface area contributed by atoms with Gasteiger partial charge in [-0.1, -0.05) is 53.0 Å². The summed E-state index contributed by atoms with van der Waals surface area (Å²) in [4.78, 5) is 0. The Morgan fingerprint density at radius 1 is 1.20 bits per heavy atom. The third kappa shape index (κ3) is 13.5. The zero-order valence-electron chi connectivity index (χ0n) is 11.7. The summed E-state index contributed by atoms with van der Waals surface area (Å²) < 4.78 is 0. The van der Waals surface area contributed by atoms with Gasteiger partial charge in [-0.05, 0) is 26.7 Å². The highest BCUT2D eigenvalue weighted by Gasteiger charge is 1.99. The van der Waals surface area contributed by atoms with E-state index in [-0.39, 0.29) is 0 Å². The van der Waals surface area contributed by atoms with Crippen molar-refractivity contribution < 1.29 is 0 Å². The predicted molar refractivity (Wildman–Crippen MR) is 72.1 cm³/mol. The zero-order valence-corrected chi connectivity index (χ0v) is 11.7. The maximum absolute atomic E-state index is 3.51. The minimum atomic E-state index is 0.632. The molecule has 0 spiro atoms. The van der Waals surface area contributed by atoms with Crippen LogP contribution in [0.3, 0.4) is 0 Å². The van der Waals surface area contributed by atoms with Crippen molar-refractivity contribution in [2.75, 3.05) is 0 Å². The number of rotatable bonds is 7. The average Bonchev–Trinajstić information content (AvgIpc) is 2.26. The second-order valence-electron chi connectivity index (χ2n) is 3.86. The van der Waals surface area contributed by atoms with Crippen molar-refractivity contribution in [3.8, 4) is 0 Å². The first kappa shape index (κ1) is 17.0. The summed E-state index contributed by atoms with van der Waals surface area (Å²) in [6.45, 7) is 12.9. The molecule has 0 aromatic rings. The zero-order chi connectivity index (χ0) is 12.1. The SMILES string of the molecule is CC.CCC/C=C(/C)N[C@@H](C)CCCC. The summed E-state index contributed by atoms with van der Waals surface area (Å²) >= 11 is 0. The third-order valence-corrected chi connectivity index (χ3v) is 2.20. The molecule has 0 aliphatic heterocycles. The van der Waals surface area contributed by atoms with Crippen LogP contribution in [0.1, 0.15) is 73.6 Å². The third-order valence-electron chi connectivity index (χ3n) is 2.20. The Balaban J connectivity index is 0. The van der Waals surface area contributed by atoms with Crippen LogP contribution in [-0.4, -0.2) is 6.04 Å². The average molecular weight is 213 g/mol. The molecule has 0 rings (SSSR count). The van der Waals surface area contributed by atoms with E-state index in [1.807, 2.05) is 13.8 Å². The Labute approximate surface area is 97.3 Å². The number of allylic oxidation sites excluding steroid dienone is 2. The summed E-state index contributed by atoms with van der Waals surface area (Å²) in [7, 11) is 0. The van der Waals surface area contributed by atoms with Crippen molar-refractivity contribution in [2.45, 2.75) is 79.7 Å². The van der Waals surface area contributed by atoms with Crippen LogP contribution in [0.15, 0.2) is 11.8 Å². The van der Waals surface area contributed by atoms with Crippen LogP contribution in [0, 0.1) is 0 Å². The Morgan fingerprint density at radius 3 is 2.27 bits per heavy atom. The molecule has 0 radical (unpaired) electrons. The molecular weight excluding hydrogens is 182 g/mol. The summed E-state index contributed by atoms with van der Waals surface area (Å²) in [5, 5.41) is 3.51. The second-order valence-corrected chi connectivity index (χ2v) is 3.86. The maximum Gasteiger partial charge on any atom is 0.0229 e. The summed E-state index contributed by atoms with van der Waals surface area (Å²) in [5.74, 6) is 0.